The molecule has 1 aliphatic carbocycles. The molecule has 0 bridgehead atoms. The van der Waals surface area contributed by atoms with Crippen molar-refractivity contribution in [2.75, 3.05) is 12.1 Å². The highest BCUT2D eigenvalue weighted by Gasteiger charge is 2.46. The summed E-state index contributed by atoms with van der Waals surface area (Å²) in [6.07, 6.45) is 6.18. The first-order valence-corrected chi connectivity index (χ1v) is 12.3. The summed E-state index contributed by atoms with van der Waals surface area (Å²) < 4.78 is 0. The molecule has 0 amide bonds. The Hall–Kier alpha value is 0.860. The molecule has 1 aliphatic heterocycles. The van der Waals surface area contributed by atoms with Gasteiger partial charge >= 0.3 is 0 Å². The lowest BCUT2D eigenvalue weighted by Gasteiger charge is -2.44. The molecule has 21 heavy (non-hydrogen) atoms. The highest BCUT2D eigenvalue weighted by atomic mass is 31.2. The number of fused-ring (bicyclic) bond motifs is 1. The second-order valence-corrected chi connectivity index (χ2v) is 16.7. The van der Waals surface area contributed by atoms with Gasteiger partial charge in [0.15, 0.2) is 0 Å². The van der Waals surface area contributed by atoms with Crippen LogP contribution >= 0.6 is 15.8 Å². The maximum atomic E-state index is 2.56. The zero-order valence-corrected chi connectivity index (χ0v) is 17.5. The summed E-state index contributed by atoms with van der Waals surface area (Å²) in [6, 6.07) is 0. The summed E-state index contributed by atoms with van der Waals surface area (Å²) in [6.45, 7) is 20.1. The highest BCUT2D eigenvalue weighted by Crippen LogP contribution is 2.71. The van der Waals surface area contributed by atoms with Crippen molar-refractivity contribution in [3.63, 3.8) is 0 Å². The van der Waals surface area contributed by atoms with Crippen molar-refractivity contribution in [2.45, 2.75) is 90.6 Å². The van der Waals surface area contributed by atoms with Crippen LogP contribution in [0.25, 0.3) is 0 Å². The van der Waals surface area contributed by atoms with Gasteiger partial charge in [-0.2, -0.15) is 0 Å². The molecule has 0 aromatic carbocycles. The van der Waals surface area contributed by atoms with Gasteiger partial charge in [-0.3, -0.25) is 0 Å². The third kappa shape index (κ3) is 4.23. The molecule has 124 valence electrons. The van der Waals surface area contributed by atoms with E-state index in [9.17, 15) is 0 Å². The smallest absolute Gasteiger partial charge is 0.0108 e. The minimum Gasteiger partial charge on any atom is -0.0985 e. The van der Waals surface area contributed by atoms with Gasteiger partial charge in [-0.1, -0.05) is 77.7 Å². The predicted molar refractivity (Wildman–Crippen MR) is 103 cm³/mol. The average Bonchev–Trinajstić information content (AvgIpc) is 2.59. The largest absolute Gasteiger partial charge is 0.0985 e. The fourth-order valence-electron chi connectivity index (χ4n) is 4.87. The topological polar surface area (TPSA) is 0 Å². The fourth-order valence-corrected chi connectivity index (χ4v) is 16.0. The fraction of sp³-hybridized carbons (Fsp3) is 1.00. The van der Waals surface area contributed by atoms with Gasteiger partial charge in [0.2, 0.25) is 0 Å². The maximum absolute atomic E-state index is 2.56. The zero-order valence-electron chi connectivity index (χ0n) is 15.7. The molecule has 2 rings (SSSR count). The van der Waals surface area contributed by atoms with E-state index in [1.54, 1.807) is 18.5 Å². The first-order chi connectivity index (χ1) is 9.50. The van der Waals surface area contributed by atoms with Crippen LogP contribution in [0.1, 0.15) is 74.7 Å². The molecule has 5 atom stereocenters. The van der Waals surface area contributed by atoms with E-state index < -0.39 is 0 Å². The van der Waals surface area contributed by atoms with Gasteiger partial charge in [-0.05, 0) is 58.6 Å². The molecule has 2 fully saturated rings. The number of hydrogen-bond donors (Lipinski definition) is 0. The van der Waals surface area contributed by atoms with Crippen LogP contribution in [0.3, 0.4) is 0 Å². The SMILES string of the molecule is CC1CP(CP(C(C)(C)C)C(C)(C)C)C2C[C@H](C)CCC12. The van der Waals surface area contributed by atoms with Crippen LogP contribution in [0, 0.1) is 17.8 Å². The average molecular weight is 328 g/mol. The summed E-state index contributed by atoms with van der Waals surface area (Å²) in [5.74, 6) is 4.70. The monoisotopic (exact) mass is 328 g/mol. The second-order valence-electron chi connectivity index (χ2n) is 9.81. The maximum Gasteiger partial charge on any atom is -0.0108 e. The van der Waals surface area contributed by atoms with E-state index in [-0.39, 0.29) is 7.92 Å². The molecule has 0 aromatic heterocycles. The molecule has 1 saturated carbocycles. The third-order valence-corrected chi connectivity index (χ3v) is 14.2. The van der Waals surface area contributed by atoms with Crippen LogP contribution in [-0.2, 0) is 0 Å². The van der Waals surface area contributed by atoms with E-state index in [4.69, 9.17) is 0 Å². The molecule has 4 unspecified atom stereocenters. The molecule has 0 spiro atoms. The first-order valence-electron chi connectivity index (χ1n) is 9.02. The lowest BCUT2D eigenvalue weighted by molar-refractivity contribution is 0.260. The molecule has 0 radical (unpaired) electrons. The first kappa shape index (κ1) is 18.2. The van der Waals surface area contributed by atoms with Crippen LogP contribution in [0.5, 0.6) is 0 Å². The van der Waals surface area contributed by atoms with Crippen molar-refractivity contribution in [3.05, 3.63) is 0 Å². The Morgan fingerprint density at radius 3 is 2.05 bits per heavy atom. The van der Waals surface area contributed by atoms with Crippen LogP contribution in [0.2, 0.25) is 0 Å². The summed E-state index contributed by atoms with van der Waals surface area (Å²) in [5, 5.41) is 1.02. The van der Waals surface area contributed by atoms with Gasteiger partial charge in [0.05, 0.1) is 0 Å². The quantitative estimate of drug-likeness (QED) is 0.481. The molecular formula is C19H38P2. The molecule has 2 aliphatic rings. The Kier molecular flexibility index (Phi) is 5.55. The highest BCUT2D eigenvalue weighted by molar-refractivity contribution is 7.76. The standard InChI is InChI=1S/C19H38P2/c1-14-9-10-16-15(2)12-20(17(16)11-14)13-21(18(3,4)5)19(6,7)8/h14-17H,9-13H2,1-8H3/t14-,15?,16?,17?,20?/m1/s1. The van der Waals surface area contributed by atoms with Gasteiger partial charge in [-0.25, -0.2) is 0 Å². The van der Waals surface area contributed by atoms with Crippen molar-refractivity contribution in [1.29, 1.82) is 0 Å². The summed E-state index contributed by atoms with van der Waals surface area (Å²) in [5.41, 5.74) is 1.12. The summed E-state index contributed by atoms with van der Waals surface area (Å²) in [7, 11) is 0.402. The normalized spacial score (nSPS) is 37.9. The van der Waals surface area contributed by atoms with Crippen LogP contribution < -0.4 is 0 Å². The summed E-state index contributed by atoms with van der Waals surface area (Å²) in [4.78, 5) is 0. The van der Waals surface area contributed by atoms with Gasteiger partial charge in [0.1, 0.15) is 0 Å². The van der Waals surface area contributed by atoms with E-state index in [0.717, 1.165) is 23.4 Å². The minimum atomic E-state index is 0.109. The van der Waals surface area contributed by atoms with E-state index in [1.165, 1.54) is 12.8 Å². The van der Waals surface area contributed by atoms with Gasteiger partial charge in [0.25, 0.3) is 0 Å². The number of hydrogen-bond acceptors (Lipinski definition) is 0. The molecule has 0 N–H and O–H groups in total. The van der Waals surface area contributed by atoms with Crippen molar-refractivity contribution < 1.29 is 0 Å². The lowest BCUT2D eigenvalue weighted by Crippen LogP contribution is -2.29. The van der Waals surface area contributed by atoms with E-state index in [1.807, 2.05) is 0 Å². The Labute approximate surface area is 136 Å². The zero-order chi connectivity index (χ0) is 16.0. The van der Waals surface area contributed by atoms with Gasteiger partial charge in [0, 0.05) is 0 Å². The Balaban J connectivity index is 2.13. The Morgan fingerprint density at radius 1 is 0.952 bits per heavy atom. The second kappa shape index (κ2) is 6.40. The molecule has 0 nitrogen and oxygen atoms in total. The molecule has 0 aromatic rings. The molecule has 1 saturated heterocycles. The molecule has 1 heterocycles. The van der Waals surface area contributed by atoms with Crippen LogP contribution in [-0.4, -0.2) is 28.0 Å². The number of rotatable bonds is 2. The Bertz CT molecular complexity index is 336. The van der Waals surface area contributed by atoms with Crippen molar-refractivity contribution in [1.82, 2.24) is 0 Å². The minimum absolute atomic E-state index is 0.109. The van der Waals surface area contributed by atoms with Crippen molar-refractivity contribution in [2.24, 2.45) is 17.8 Å². The molecule has 2 heteroatoms. The van der Waals surface area contributed by atoms with E-state index >= 15 is 0 Å². The predicted octanol–water partition coefficient (Wildman–Crippen LogP) is 6.96. The van der Waals surface area contributed by atoms with Crippen molar-refractivity contribution >= 4 is 15.8 Å². The lowest BCUT2D eigenvalue weighted by atomic mass is 9.77. The Morgan fingerprint density at radius 2 is 1.52 bits per heavy atom. The van der Waals surface area contributed by atoms with E-state index in [0.29, 0.717) is 18.2 Å². The van der Waals surface area contributed by atoms with Gasteiger partial charge in [-0.15, -0.1) is 0 Å². The van der Waals surface area contributed by atoms with E-state index in [2.05, 4.69) is 55.4 Å². The molecular weight excluding hydrogens is 290 g/mol. The van der Waals surface area contributed by atoms with Gasteiger partial charge < -0.3 is 0 Å². The van der Waals surface area contributed by atoms with Crippen LogP contribution in [0.4, 0.5) is 0 Å². The summed E-state index contributed by atoms with van der Waals surface area (Å²) >= 11 is 0. The third-order valence-electron chi connectivity index (χ3n) is 5.80. The van der Waals surface area contributed by atoms with Crippen LogP contribution in [0.15, 0.2) is 0 Å². The van der Waals surface area contributed by atoms with Crippen molar-refractivity contribution in [3.8, 4) is 0 Å².